The number of alkyl carbamates (subject to hydrolysis) is 1. The van der Waals surface area contributed by atoms with Crippen molar-refractivity contribution in [1.82, 2.24) is 5.32 Å². The molecule has 0 saturated carbocycles. The average Bonchev–Trinajstić information content (AvgIpc) is 2.40. The summed E-state index contributed by atoms with van der Waals surface area (Å²) in [6.45, 7) is 7.49. The minimum absolute atomic E-state index is 0.0210. The minimum Gasteiger partial charge on any atom is -0.445 e. The Bertz CT molecular complexity index is 614. The number of ether oxygens (including phenoxy) is 1. The number of hydrogen-bond acceptors (Lipinski definition) is 4. The summed E-state index contributed by atoms with van der Waals surface area (Å²) in [6, 6.07) is 8.94. The molecule has 0 radical (unpaired) electrons. The standard InChI is InChI=1S/C16H24ClNO4S/c1-12(2)14(16(3,4)11-23(17,20)21)18-15(19)22-10-13-8-6-5-7-9-13/h5-9,12,14H,10-11H2,1-4H3,(H,18,19). The minimum atomic E-state index is -3.67. The van der Waals surface area contributed by atoms with E-state index >= 15 is 0 Å². The Morgan fingerprint density at radius 3 is 2.30 bits per heavy atom. The van der Waals surface area contributed by atoms with Gasteiger partial charge >= 0.3 is 6.09 Å². The normalized spacial score (nSPS) is 13.7. The van der Waals surface area contributed by atoms with Crippen LogP contribution >= 0.6 is 10.7 Å². The molecule has 0 aliphatic heterocycles. The molecule has 0 heterocycles. The van der Waals surface area contributed by atoms with Crippen LogP contribution in [0, 0.1) is 11.3 Å². The van der Waals surface area contributed by atoms with Gasteiger partial charge in [-0.3, -0.25) is 0 Å². The third-order valence-corrected chi connectivity index (χ3v) is 4.96. The largest absolute Gasteiger partial charge is 0.445 e. The Morgan fingerprint density at radius 1 is 1.26 bits per heavy atom. The Morgan fingerprint density at radius 2 is 1.83 bits per heavy atom. The van der Waals surface area contributed by atoms with Gasteiger partial charge in [-0.2, -0.15) is 0 Å². The van der Waals surface area contributed by atoms with E-state index in [1.54, 1.807) is 13.8 Å². The van der Waals surface area contributed by atoms with Gasteiger partial charge < -0.3 is 10.1 Å². The van der Waals surface area contributed by atoms with Crippen molar-refractivity contribution in [3.05, 3.63) is 35.9 Å². The molecular formula is C16H24ClNO4S. The molecule has 0 aromatic heterocycles. The Balaban J connectivity index is 2.70. The lowest BCUT2D eigenvalue weighted by Crippen LogP contribution is -2.50. The predicted molar refractivity (Wildman–Crippen MR) is 91.8 cm³/mol. The van der Waals surface area contributed by atoms with Crippen molar-refractivity contribution in [2.24, 2.45) is 11.3 Å². The first-order valence-corrected chi connectivity index (χ1v) is 9.88. The van der Waals surface area contributed by atoms with Crippen LogP contribution in [0.3, 0.4) is 0 Å². The number of carbonyl (C=O) groups excluding carboxylic acids is 1. The summed E-state index contributed by atoms with van der Waals surface area (Å²) in [5.74, 6) is -0.212. The third kappa shape index (κ3) is 7.22. The number of benzene rings is 1. The first kappa shape index (κ1) is 19.8. The van der Waals surface area contributed by atoms with E-state index in [9.17, 15) is 13.2 Å². The molecule has 1 unspecified atom stereocenters. The molecule has 0 aliphatic carbocycles. The zero-order chi connectivity index (χ0) is 17.7. The van der Waals surface area contributed by atoms with E-state index in [4.69, 9.17) is 15.4 Å². The third-order valence-electron chi connectivity index (χ3n) is 3.54. The predicted octanol–water partition coefficient (Wildman–Crippen LogP) is 3.53. The maximum atomic E-state index is 12.0. The molecule has 5 nitrogen and oxygen atoms in total. The molecule has 1 N–H and O–H groups in total. The second kappa shape index (κ2) is 8.02. The van der Waals surface area contributed by atoms with Crippen LogP contribution in [-0.2, 0) is 20.4 Å². The summed E-state index contributed by atoms with van der Waals surface area (Å²) in [5.41, 5.74) is 0.159. The zero-order valence-corrected chi connectivity index (χ0v) is 15.4. The molecule has 1 aromatic carbocycles. The summed E-state index contributed by atoms with van der Waals surface area (Å²) in [7, 11) is 1.70. The van der Waals surface area contributed by atoms with Crippen molar-refractivity contribution in [3.63, 3.8) is 0 Å². The fourth-order valence-electron chi connectivity index (χ4n) is 2.69. The second-order valence-electron chi connectivity index (χ2n) is 6.60. The van der Waals surface area contributed by atoms with Crippen LogP contribution in [0.2, 0.25) is 0 Å². The molecule has 1 aromatic rings. The highest BCUT2D eigenvalue weighted by Crippen LogP contribution is 2.29. The van der Waals surface area contributed by atoms with Gasteiger partial charge in [-0.1, -0.05) is 58.0 Å². The molecule has 1 rings (SSSR count). The van der Waals surface area contributed by atoms with Gasteiger partial charge in [0.15, 0.2) is 0 Å². The monoisotopic (exact) mass is 361 g/mol. The van der Waals surface area contributed by atoms with E-state index in [0.29, 0.717) is 0 Å². The maximum absolute atomic E-state index is 12.0. The van der Waals surface area contributed by atoms with E-state index in [1.807, 2.05) is 44.2 Å². The number of amides is 1. The molecule has 0 fully saturated rings. The molecule has 0 spiro atoms. The van der Waals surface area contributed by atoms with E-state index < -0.39 is 20.6 Å². The van der Waals surface area contributed by atoms with Gasteiger partial charge in [0.25, 0.3) is 0 Å². The number of halogens is 1. The smallest absolute Gasteiger partial charge is 0.407 e. The van der Waals surface area contributed by atoms with E-state index in [0.717, 1.165) is 5.56 Å². The second-order valence-corrected chi connectivity index (χ2v) is 9.38. The van der Waals surface area contributed by atoms with Crippen LogP contribution in [0.25, 0.3) is 0 Å². The van der Waals surface area contributed by atoms with Gasteiger partial charge in [0.05, 0.1) is 5.75 Å². The van der Waals surface area contributed by atoms with Crippen LogP contribution in [-0.4, -0.2) is 26.3 Å². The lowest BCUT2D eigenvalue weighted by molar-refractivity contribution is 0.118. The van der Waals surface area contributed by atoms with Gasteiger partial charge in [-0.05, 0) is 11.5 Å². The molecule has 0 aliphatic rings. The highest BCUT2D eigenvalue weighted by Gasteiger charge is 2.37. The summed E-state index contributed by atoms with van der Waals surface area (Å²) in [5, 5.41) is 2.77. The van der Waals surface area contributed by atoms with Crippen LogP contribution in [0.15, 0.2) is 30.3 Å². The summed E-state index contributed by atoms with van der Waals surface area (Å²) >= 11 is 0. The van der Waals surface area contributed by atoms with Crippen molar-refractivity contribution in [3.8, 4) is 0 Å². The molecule has 0 bridgehead atoms. The highest BCUT2D eigenvalue weighted by atomic mass is 35.7. The lowest BCUT2D eigenvalue weighted by Gasteiger charge is -2.36. The number of nitrogens with one attached hydrogen (secondary N) is 1. The molecule has 1 atom stereocenters. The fourth-order valence-corrected chi connectivity index (χ4v) is 4.60. The van der Waals surface area contributed by atoms with E-state index in [1.165, 1.54) is 0 Å². The quantitative estimate of drug-likeness (QED) is 0.754. The summed E-state index contributed by atoms with van der Waals surface area (Å²) in [6.07, 6.45) is -0.576. The number of rotatable bonds is 7. The van der Waals surface area contributed by atoms with Crippen LogP contribution in [0.5, 0.6) is 0 Å². The molecule has 130 valence electrons. The first-order chi connectivity index (χ1) is 10.5. The van der Waals surface area contributed by atoms with Gasteiger partial charge in [0.1, 0.15) is 6.61 Å². The Hall–Kier alpha value is -1.27. The first-order valence-electron chi connectivity index (χ1n) is 7.41. The average molecular weight is 362 g/mol. The van der Waals surface area contributed by atoms with Gasteiger partial charge in [0, 0.05) is 22.1 Å². The van der Waals surface area contributed by atoms with Gasteiger partial charge in [-0.25, -0.2) is 13.2 Å². The topological polar surface area (TPSA) is 72.5 Å². The number of hydrogen-bond donors (Lipinski definition) is 1. The Kier molecular flexibility index (Phi) is 6.89. The van der Waals surface area contributed by atoms with E-state index in [-0.39, 0.29) is 24.3 Å². The SMILES string of the molecule is CC(C)C(NC(=O)OCc1ccccc1)C(C)(C)CS(=O)(=O)Cl. The molecule has 23 heavy (non-hydrogen) atoms. The highest BCUT2D eigenvalue weighted by molar-refractivity contribution is 8.13. The summed E-state index contributed by atoms with van der Waals surface area (Å²) < 4.78 is 28.0. The Labute approximate surface area is 142 Å². The van der Waals surface area contributed by atoms with Crippen molar-refractivity contribution in [1.29, 1.82) is 0 Å². The van der Waals surface area contributed by atoms with Crippen LogP contribution in [0.1, 0.15) is 33.3 Å². The van der Waals surface area contributed by atoms with Crippen molar-refractivity contribution >= 4 is 25.8 Å². The van der Waals surface area contributed by atoms with E-state index in [2.05, 4.69) is 5.32 Å². The van der Waals surface area contributed by atoms with Crippen LogP contribution < -0.4 is 5.32 Å². The zero-order valence-electron chi connectivity index (χ0n) is 13.9. The molecule has 7 heteroatoms. The van der Waals surface area contributed by atoms with Crippen LogP contribution in [0.4, 0.5) is 4.79 Å². The van der Waals surface area contributed by atoms with Gasteiger partial charge in [0.2, 0.25) is 9.05 Å². The molecule has 0 saturated heterocycles. The fraction of sp³-hybridized carbons (Fsp3) is 0.562. The molecular weight excluding hydrogens is 338 g/mol. The molecule has 1 amide bonds. The number of carbonyl (C=O) groups is 1. The maximum Gasteiger partial charge on any atom is 0.407 e. The van der Waals surface area contributed by atoms with Gasteiger partial charge in [-0.15, -0.1) is 0 Å². The van der Waals surface area contributed by atoms with Crippen molar-refractivity contribution < 1.29 is 17.9 Å². The lowest BCUT2D eigenvalue weighted by atomic mass is 9.80. The summed E-state index contributed by atoms with van der Waals surface area (Å²) in [4.78, 5) is 12.0. The van der Waals surface area contributed by atoms with Crippen molar-refractivity contribution in [2.75, 3.05) is 5.75 Å². The van der Waals surface area contributed by atoms with Crippen molar-refractivity contribution in [2.45, 2.75) is 40.3 Å².